The summed E-state index contributed by atoms with van der Waals surface area (Å²) in [5.41, 5.74) is 0. The number of amides is 1. The molecule has 0 aromatic heterocycles. The van der Waals surface area contributed by atoms with Gasteiger partial charge in [-0.1, -0.05) is 13.8 Å². The molecule has 16 heavy (non-hydrogen) atoms. The van der Waals surface area contributed by atoms with Crippen molar-refractivity contribution in [1.82, 2.24) is 4.90 Å². The van der Waals surface area contributed by atoms with Crippen LogP contribution < -0.4 is 0 Å². The van der Waals surface area contributed by atoms with Crippen LogP contribution in [0.15, 0.2) is 0 Å². The number of aldehydes is 1. The first-order chi connectivity index (χ1) is 7.97. The highest BCUT2D eigenvalue weighted by Gasteiger charge is 2.20. The number of piperidine rings is 1. The van der Waals surface area contributed by atoms with Gasteiger partial charge in [0.25, 0.3) is 0 Å². The molecule has 1 amide bonds. The fourth-order valence-electron chi connectivity index (χ4n) is 2.14. The van der Waals surface area contributed by atoms with E-state index >= 15 is 0 Å². The average molecular weight is 226 g/mol. The summed E-state index contributed by atoms with van der Waals surface area (Å²) in [5, 5.41) is 0. The summed E-state index contributed by atoms with van der Waals surface area (Å²) >= 11 is 0. The Bertz CT molecular complexity index is 275. The smallest absolute Gasteiger partial charge is 0.223 e. The number of carbonyl (C=O) groups excluding carboxylic acids is 2. The van der Waals surface area contributed by atoms with E-state index in [2.05, 4.69) is 0 Å². The van der Waals surface area contributed by atoms with Gasteiger partial charge in [0.2, 0.25) is 5.91 Å². The summed E-state index contributed by atoms with van der Waals surface area (Å²) in [6, 6.07) is 0. The summed E-state index contributed by atoms with van der Waals surface area (Å²) in [5.74, 6) is -1.01. The van der Waals surface area contributed by atoms with E-state index in [0.717, 1.165) is 25.9 Å². The molecule has 3 nitrogen and oxygen atoms in total. The molecule has 1 heterocycles. The third kappa shape index (κ3) is 4.33. The van der Waals surface area contributed by atoms with Gasteiger partial charge in [0.1, 0.15) is 6.29 Å². The molecule has 0 aliphatic carbocycles. The zero-order chi connectivity index (χ0) is 12.9. The molecule has 1 aliphatic rings. The van der Waals surface area contributed by atoms with Crippen molar-refractivity contribution in [1.29, 1.82) is 0 Å². The van der Waals surface area contributed by atoms with Crippen molar-refractivity contribution in [2.75, 3.05) is 13.1 Å². The topological polar surface area (TPSA) is 37.4 Å². The molecule has 0 unspecified atom stereocenters. The summed E-state index contributed by atoms with van der Waals surface area (Å²) in [6.07, 6.45) is 4.39. The quantitative estimate of drug-likeness (QED) is 0.674. The highest BCUT2D eigenvalue weighted by molar-refractivity contribution is 5.79. The van der Waals surface area contributed by atoms with E-state index in [9.17, 15) is 9.59 Å². The minimum atomic E-state index is -1.23. The van der Waals surface area contributed by atoms with E-state index in [-0.39, 0.29) is 18.2 Å². The van der Waals surface area contributed by atoms with Crippen LogP contribution in [0.4, 0.5) is 0 Å². The van der Waals surface area contributed by atoms with E-state index in [0.29, 0.717) is 12.7 Å². The number of nitrogens with zero attached hydrogens (tertiary/aromatic N) is 1. The lowest BCUT2D eigenvalue weighted by atomic mass is 9.94. The number of hydrogen-bond donors (Lipinski definition) is 0. The number of hydrogen-bond acceptors (Lipinski definition) is 2. The molecule has 92 valence electrons. The summed E-state index contributed by atoms with van der Waals surface area (Å²) in [4.78, 5) is 24.8. The third-order valence-corrected chi connectivity index (χ3v) is 2.92. The second-order valence-corrected chi connectivity index (χ2v) is 4.99. The van der Waals surface area contributed by atoms with Crippen LogP contribution in [-0.2, 0) is 9.59 Å². The van der Waals surface area contributed by atoms with Gasteiger partial charge in [-0.2, -0.15) is 0 Å². The SMILES string of the molecule is [2H][C@](C=O)(CC(=O)N1CCCCC1)CC(C)C. The first kappa shape index (κ1) is 11.6. The van der Waals surface area contributed by atoms with Crippen molar-refractivity contribution in [2.24, 2.45) is 11.8 Å². The first-order valence-electron chi connectivity index (χ1n) is 6.71. The molecule has 0 spiro atoms. The molecule has 0 radical (unpaired) electrons. The van der Waals surface area contributed by atoms with Crippen LogP contribution in [-0.4, -0.2) is 30.2 Å². The highest BCUT2D eigenvalue weighted by Crippen LogP contribution is 2.17. The molecule has 0 N–H and O–H groups in total. The summed E-state index contributed by atoms with van der Waals surface area (Å²) in [7, 11) is 0. The Hall–Kier alpha value is -0.860. The predicted octanol–water partition coefficient (Wildman–Crippen LogP) is 2.25. The van der Waals surface area contributed by atoms with Crippen molar-refractivity contribution >= 4 is 12.2 Å². The normalized spacial score (nSPS) is 21.4. The maximum atomic E-state index is 12.0. The number of rotatable bonds is 5. The van der Waals surface area contributed by atoms with Crippen LogP contribution in [0.2, 0.25) is 0 Å². The van der Waals surface area contributed by atoms with Crippen LogP contribution >= 0.6 is 0 Å². The fourth-order valence-corrected chi connectivity index (χ4v) is 2.14. The largest absolute Gasteiger partial charge is 0.343 e. The lowest BCUT2D eigenvalue weighted by Gasteiger charge is -2.27. The fraction of sp³-hybridized carbons (Fsp3) is 0.846. The highest BCUT2D eigenvalue weighted by atomic mass is 16.2. The number of likely N-dealkylation sites (tertiary alicyclic amines) is 1. The number of carbonyl (C=O) groups is 2. The third-order valence-electron chi connectivity index (χ3n) is 2.92. The van der Waals surface area contributed by atoms with Gasteiger partial charge in [-0.25, -0.2) is 0 Å². The van der Waals surface area contributed by atoms with Crippen molar-refractivity contribution in [3.63, 3.8) is 0 Å². The Kier molecular flexibility index (Phi) is 4.84. The molecule has 0 bridgehead atoms. The predicted molar refractivity (Wildman–Crippen MR) is 64.1 cm³/mol. The van der Waals surface area contributed by atoms with Crippen LogP contribution in [0, 0.1) is 11.8 Å². The maximum absolute atomic E-state index is 12.0. The van der Waals surface area contributed by atoms with Gasteiger partial charge in [0.05, 0.1) is 0 Å². The molecular formula is C13H23NO2. The van der Waals surface area contributed by atoms with Gasteiger partial charge in [-0.3, -0.25) is 4.79 Å². The van der Waals surface area contributed by atoms with Gasteiger partial charge >= 0.3 is 0 Å². The maximum Gasteiger partial charge on any atom is 0.223 e. The van der Waals surface area contributed by atoms with E-state index in [1.807, 2.05) is 13.8 Å². The lowest BCUT2D eigenvalue weighted by molar-refractivity contribution is -0.134. The van der Waals surface area contributed by atoms with Gasteiger partial charge in [-0.05, 0) is 31.6 Å². The van der Waals surface area contributed by atoms with Gasteiger partial charge in [-0.15, -0.1) is 0 Å². The molecule has 1 fully saturated rings. The zero-order valence-electron chi connectivity index (χ0n) is 11.4. The minimum Gasteiger partial charge on any atom is -0.343 e. The standard InChI is InChI=1S/C13H23NO2/c1-11(2)8-12(10-15)9-13(16)14-6-4-3-5-7-14/h10-12H,3-9H2,1-2H3/t12-/m1/s1/i12D. The molecular weight excluding hydrogens is 202 g/mol. The molecule has 1 rings (SSSR count). The van der Waals surface area contributed by atoms with Gasteiger partial charge < -0.3 is 9.69 Å². The molecule has 1 saturated heterocycles. The summed E-state index contributed by atoms with van der Waals surface area (Å²) < 4.78 is 8.03. The second kappa shape index (κ2) is 6.66. The zero-order valence-corrected chi connectivity index (χ0v) is 10.4. The Morgan fingerprint density at radius 3 is 2.50 bits per heavy atom. The van der Waals surface area contributed by atoms with Crippen LogP contribution in [0.5, 0.6) is 0 Å². The van der Waals surface area contributed by atoms with Crippen molar-refractivity contribution < 1.29 is 11.0 Å². The van der Waals surface area contributed by atoms with Crippen LogP contribution in [0.1, 0.15) is 47.3 Å². The Balaban J connectivity index is 2.54. The first-order valence-corrected chi connectivity index (χ1v) is 6.21. The van der Waals surface area contributed by atoms with Crippen molar-refractivity contribution in [2.45, 2.75) is 46.0 Å². The average Bonchev–Trinajstić information content (AvgIpc) is 2.29. The van der Waals surface area contributed by atoms with Crippen LogP contribution in [0.3, 0.4) is 0 Å². The van der Waals surface area contributed by atoms with Gasteiger partial charge in [0.15, 0.2) is 0 Å². The molecule has 3 heteroatoms. The second-order valence-electron chi connectivity index (χ2n) is 4.99. The van der Waals surface area contributed by atoms with E-state index in [4.69, 9.17) is 1.37 Å². The molecule has 0 saturated carbocycles. The molecule has 0 aromatic rings. The Morgan fingerprint density at radius 2 is 2.00 bits per heavy atom. The molecule has 1 atom stereocenters. The van der Waals surface area contributed by atoms with E-state index < -0.39 is 5.89 Å². The molecule has 1 aliphatic heterocycles. The Labute approximate surface area is 99.6 Å². The van der Waals surface area contributed by atoms with Crippen molar-refractivity contribution in [3.05, 3.63) is 0 Å². The van der Waals surface area contributed by atoms with Gasteiger partial charge in [0, 0.05) is 26.8 Å². The summed E-state index contributed by atoms with van der Waals surface area (Å²) in [6.45, 7) is 5.52. The van der Waals surface area contributed by atoms with E-state index in [1.54, 1.807) is 4.90 Å². The molecule has 0 aromatic carbocycles. The van der Waals surface area contributed by atoms with Crippen molar-refractivity contribution in [3.8, 4) is 0 Å². The van der Waals surface area contributed by atoms with Crippen LogP contribution in [0.25, 0.3) is 0 Å². The lowest BCUT2D eigenvalue weighted by Crippen LogP contribution is -2.36. The minimum absolute atomic E-state index is 0.0348. The van der Waals surface area contributed by atoms with E-state index in [1.165, 1.54) is 6.42 Å². The Morgan fingerprint density at radius 1 is 1.38 bits per heavy atom. The monoisotopic (exact) mass is 226 g/mol.